The minimum Gasteiger partial charge on any atom is -0.497 e. The van der Waals surface area contributed by atoms with E-state index in [1.807, 2.05) is 52.5 Å². The van der Waals surface area contributed by atoms with E-state index in [1.165, 1.54) is 0 Å². The van der Waals surface area contributed by atoms with Crippen molar-refractivity contribution in [1.82, 2.24) is 14.8 Å². The molecular weight excluding hydrogens is 374 g/mol. The second-order valence-corrected chi connectivity index (χ2v) is 8.28. The Hall–Kier alpha value is -2.41. The van der Waals surface area contributed by atoms with Gasteiger partial charge in [0, 0.05) is 37.7 Å². The van der Waals surface area contributed by atoms with Crippen molar-refractivity contribution in [3.63, 3.8) is 0 Å². The van der Waals surface area contributed by atoms with E-state index in [4.69, 9.17) is 4.74 Å². The number of fused-ring (bicyclic) bond motifs is 1. The van der Waals surface area contributed by atoms with Crippen molar-refractivity contribution in [1.29, 1.82) is 0 Å². The number of hydrogen-bond acceptors (Lipinski definition) is 4. The molecule has 2 aromatic rings. The molecule has 0 bridgehead atoms. The molecule has 0 radical (unpaired) electrons. The Balaban J connectivity index is 1.63. The quantitative estimate of drug-likeness (QED) is 0.840. The molecule has 2 fully saturated rings. The maximum absolute atomic E-state index is 13.2. The van der Waals surface area contributed by atoms with Crippen LogP contribution in [0.25, 0.3) is 0 Å². The molecule has 0 saturated carbocycles. The summed E-state index contributed by atoms with van der Waals surface area (Å²) in [4.78, 5) is 32.5. The van der Waals surface area contributed by atoms with E-state index in [-0.39, 0.29) is 23.8 Å². The van der Waals surface area contributed by atoms with Gasteiger partial charge in [-0.3, -0.25) is 9.59 Å². The third-order valence-electron chi connectivity index (χ3n) is 5.83. The van der Waals surface area contributed by atoms with Crippen molar-refractivity contribution in [3.05, 3.63) is 53.9 Å². The summed E-state index contributed by atoms with van der Waals surface area (Å²) in [5, 5.41) is 0. The summed E-state index contributed by atoms with van der Waals surface area (Å²) < 4.78 is 5.29. The first-order valence-electron chi connectivity index (χ1n) is 9.47. The van der Waals surface area contributed by atoms with E-state index in [2.05, 4.69) is 4.98 Å². The number of ether oxygens (including phenoxy) is 1. The molecule has 2 aliphatic rings. The Morgan fingerprint density at radius 3 is 2.61 bits per heavy atom. The third-order valence-corrected chi connectivity index (χ3v) is 6.37. The Morgan fingerprint density at radius 2 is 1.96 bits per heavy atom. The number of H-pyrrole nitrogens is 1. The lowest BCUT2D eigenvalue weighted by Gasteiger charge is -2.30. The minimum absolute atomic E-state index is 0.0159. The van der Waals surface area contributed by atoms with Crippen LogP contribution in [-0.4, -0.2) is 65.4 Å². The number of methoxy groups -OCH3 is 1. The predicted molar refractivity (Wildman–Crippen MR) is 110 cm³/mol. The first-order valence-corrected chi connectivity index (χ1v) is 10.9. The number of aromatic amines is 1. The Morgan fingerprint density at radius 1 is 1.18 bits per heavy atom. The molecule has 3 heterocycles. The Bertz CT molecular complexity index is 837. The van der Waals surface area contributed by atoms with Gasteiger partial charge in [-0.05, 0) is 36.1 Å². The van der Waals surface area contributed by atoms with Gasteiger partial charge in [-0.25, -0.2) is 0 Å². The topological polar surface area (TPSA) is 65.6 Å². The summed E-state index contributed by atoms with van der Waals surface area (Å²) in [7, 11) is 1.65. The highest BCUT2D eigenvalue weighted by Crippen LogP contribution is 2.45. The molecule has 4 rings (SSSR count). The molecule has 2 aliphatic heterocycles. The van der Waals surface area contributed by atoms with Gasteiger partial charge in [0.1, 0.15) is 11.4 Å². The molecule has 0 spiro atoms. The van der Waals surface area contributed by atoms with Crippen LogP contribution in [0.2, 0.25) is 0 Å². The van der Waals surface area contributed by atoms with Gasteiger partial charge in [-0.1, -0.05) is 12.1 Å². The zero-order valence-electron chi connectivity index (χ0n) is 16.1. The number of carbonyl (C=O) groups is 2. The number of nitrogens with one attached hydrogen (secondary N) is 1. The average Bonchev–Trinajstić information content (AvgIpc) is 3.43. The summed E-state index contributed by atoms with van der Waals surface area (Å²) in [6, 6.07) is 11.6. The fourth-order valence-corrected chi connectivity index (χ4v) is 4.95. The number of likely N-dealkylation sites (tertiary alicyclic amines) is 2. The second-order valence-electron chi connectivity index (χ2n) is 7.41. The first kappa shape index (κ1) is 18.9. The minimum atomic E-state index is -0.0428. The number of amides is 2. The summed E-state index contributed by atoms with van der Waals surface area (Å²) >= 11 is 1.56. The van der Waals surface area contributed by atoms with Crippen LogP contribution in [-0.2, 0) is 4.79 Å². The van der Waals surface area contributed by atoms with Gasteiger partial charge in [0.25, 0.3) is 5.91 Å². The van der Waals surface area contributed by atoms with E-state index in [0.717, 1.165) is 17.9 Å². The van der Waals surface area contributed by atoms with Gasteiger partial charge >= 0.3 is 0 Å². The lowest BCUT2D eigenvalue weighted by atomic mass is 9.89. The van der Waals surface area contributed by atoms with Crippen molar-refractivity contribution in [2.45, 2.75) is 6.04 Å². The molecule has 2 saturated heterocycles. The predicted octanol–water partition coefficient (Wildman–Crippen LogP) is 2.66. The molecule has 1 aromatic heterocycles. The van der Waals surface area contributed by atoms with Crippen LogP contribution < -0.4 is 4.74 Å². The highest BCUT2D eigenvalue weighted by molar-refractivity contribution is 7.99. The number of nitrogens with zero attached hydrogens (tertiary/aromatic N) is 2. The van der Waals surface area contributed by atoms with Crippen molar-refractivity contribution in [3.8, 4) is 5.75 Å². The van der Waals surface area contributed by atoms with Gasteiger partial charge < -0.3 is 19.5 Å². The highest BCUT2D eigenvalue weighted by Gasteiger charge is 2.50. The molecule has 7 heteroatoms. The smallest absolute Gasteiger partial charge is 0.270 e. The summed E-state index contributed by atoms with van der Waals surface area (Å²) in [5.74, 6) is 2.07. The van der Waals surface area contributed by atoms with Gasteiger partial charge in [0.2, 0.25) is 5.91 Å². The number of hydrogen-bond donors (Lipinski definition) is 1. The van der Waals surface area contributed by atoms with Crippen molar-refractivity contribution < 1.29 is 14.3 Å². The van der Waals surface area contributed by atoms with Crippen LogP contribution in [0.4, 0.5) is 0 Å². The normalized spacial score (nSPS) is 23.7. The summed E-state index contributed by atoms with van der Waals surface area (Å²) in [5.41, 5.74) is 1.70. The van der Waals surface area contributed by atoms with E-state index in [9.17, 15) is 9.59 Å². The van der Waals surface area contributed by atoms with Crippen molar-refractivity contribution in [2.75, 3.05) is 38.8 Å². The average molecular weight is 400 g/mol. The molecule has 0 unspecified atom stereocenters. The van der Waals surface area contributed by atoms with Crippen molar-refractivity contribution in [2.24, 2.45) is 11.8 Å². The molecule has 148 valence electrons. The third kappa shape index (κ3) is 3.39. The van der Waals surface area contributed by atoms with Gasteiger partial charge in [-0.15, -0.1) is 0 Å². The molecular formula is C21H25N3O3S. The number of rotatable bonds is 5. The molecule has 28 heavy (non-hydrogen) atoms. The van der Waals surface area contributed by atoms with E-state index in [0.29, 0.717) is 30.5 Å². The SMILES string of the molecule is COc1ccc([C@H]2[C@H]3CN(C(=O)CSC)C[C@H]3CN2C(=O)c2ccc[nH]2)cc1. The van der Waals surface area contributed by atoms with Gasteiger partial charge in [-0.2, -0.15) is 11.8 Å². The van der Waals surface area contributed by atoms with Gasteiger partial charge in [0.05, 0.1) is 18.9 Å². The van der Waals surface area contributed by atoms with Crippen LogP contribution in [0.5, 0.6) is 5.75 Å². The van der Waals surface area contributed by atoms with Crippen LogP contribution in [0.1, 0.15) is 22.1 Å². The maximum Gasteiger partial charge on any atom is 0.270 e. The standard InChI is InChI=1S/C21H25N3O3S/c1-27-16-7-5-14(6-8-16)20-17-12-23(19(25)13-28-2)10-15(17)11-24(20)21(26)18-4-3-9-22-18/h3-9,15,17,20,22H,10-13H2,1-2H3/t15-,17-,20-/m0/s1. The van der Waals surface area contributed by atoms with E-state index in [1.54, 1.807) is 25.1 Å². The van der Waals surface area contributed by atoms with Crippen LogP contribution in [0, 0.1) is 11.8 Å². The number of thioether (sulfide) groups is 1. The highest BCUT2D eigenvalue weighted by atomic mass is 32.2. The Labute approximate surface area is 169 Å². The monoisotopic (exact) mass is 399 g/mol. The van der Waals surface area contributed by atoms with Crippen LogP contribution >= 0.6 is 11.8 Å². The van der Waals surface area contributed by atoms with E-state index >= 15 is 0 Å². The number of aromatic nitrogens is 1. The fraction of sp³-hybridized carbons (Fsp3) is 0.429. The number of benzene rings is 1. The molecule has 6 nitrogen and oxygen atoms in total. The second kappa shape index (κ2) is 7.91. The van der Waals surface area contributed by atoms with Crippen LogP contribution in [0.15, 0.2) is 42.6 Å². The summed E-state index contributed by atoms with van der Waals surface area (Å²) in [6.45, 7) is 2.10. The fourth-order valence-electron chi connectivity index (χ4n) is 4.52. The molecule has 1 aromatic carbocycles. The lowest BCUT2D eigenvalue weighted by Crippen LogP contribution is -2.38. The van der Waals surface area contributed by atoms with Crippen molar-refractivity contribution >= 4 is 23.6 Å². The largest absolute Gasteiger partial charge is 0.497 e. The summed E-state index contributed by atoms with van der Waals surface area (Å²) in [6.07, 6.45) is 3.72. The van der Waals surface area contributed by atoms with E-state index < -0.39 is 0 Å². The Kier molecular flexibility index (Phi) is 5.35. The lowest BCUT2D eigenvalue weighted by molar-refractivity contribution is -0.127. The zero-order valence-corrected chi connectivity index (χ0v) is 16.9. The maximum atomic E-state index is 13.2. The van der Waals surface area contributed by atoms with Gasteiger partial charge in [0.15, 0.2) is 0 Å². The molecule has 3 atom stereocenters. The number of carbonyl (C=O) groups excluding carboxylic acids is 2. The molecule has 1 N–H and O–H groups in total. The van der Waals surface area contributed by atoms with Crippen LogP contribution in [0.3, 0.4) is 0 Å². The molecule has 0 aliphatic carbocycles. The first-order chi connectivity index (χ1) is 13.6. The molecule has 2 amide bonds. The zero-order chi connectivity index (χ0) is 19.7.